The van der Waals surface area contributed by atoms with Gasteiger partial charge in [-0.1, -0.05) is 65.4 Å². The third-order valence-corrected chi connectivity index (χ3v) is 8.47. The molecule has 0 radical (unpaired) electrons. The quantitative estimate of drug-likeness (QED) is 0.238. The lowest BCUT2D eigenvalue weighted by Gasteiger charge is -2.16. The van der Waals surface area contributed by atoms with Gasteiger partial charge >= 0.3 is 0 Å². The molecule has 1 atom stereocenters. The monoisotopic (exact) mass is 661 g/mol. The van der Waals surface area contributed by atoms with Crippen molar-refractivity contribution in [2.24, 2.45) is 0 Å². The van der Waals surface area contributed by atoms with Crippen molar-refractivity contribution < 1.29 is 13.9 Å². The summed E-state index contributed by atoms with van der Waals surface area (Å²) in [5.41, 5.74) is 2.59. The third kappa shape index (κ3) is 6.15. The smallest absolute Gasteiger partial charge is 0.242 e. The highest BCUT2D eigenvalue weighted by Crippen LogP contribution is 2.38. The molecular weight excluding hydrogens is 648 g/mol. The van der Waals surface area contributed by atoms with Crippen LogP contribution in [0.4, 0.5) is 4.39 Å². The lowest BCUT2D eigenvalue weighted by molar-refractivity contribution is -0.126. The SMILES string of the molecule is O=C1[C@H](Cc2cc(Br)c(OCc3ccc(Cl)cc3Cl)c(Br)c2)SC(=S)N1Cc1ccc(F)cc1. The molecule has 10 heteroatoms. The fourth-order valence-electron chi connectivity index (χ4n) is 3.41. The standard InChI is InChI=1S/C24H16Br2Cl2FNO2S2/c25-18-7-14(8-19(26)22(18)32-12-15-3-4-16(27)10-20(15)28)9-21-23(31)30(24(33)34-21)11-13-1-5-17(29)6-2-13/h1-8,10,21H,9,11-12H2/t21-/m0/s1. The van der Waals surface area contributed by atoms with Gasteiger partial charge in [-0.2, -0.15) is 0 Å². The maximum Gasteiger partial charge on any atom is 0.242 e. The van der Waals surface area contributed by atoms with Crippen LogP contribution in [0, 0.1) is 5.82 Å². The molecule has 4 rings (SSSR count). The van der Waals surface area contributed by atoms with Gasteiger partial charge in [-0.05, 0) is 85.8 Å². The van der Waals surface area contributed by atoms with E-state index >= 15 is 0 Å². The molecule has 0 unspecified atom stereocenters. The highest BCUT2D eigenvalue weighted by molar-refractivity contribution is 9.11. The molecule has 3 nitrogen and oxygen atoms in total. The number of hydrogen-bond acceptors (Lipinski definition) is 4. The van der Waals surface area contributed by atoms with E-state index in [1.165, 1.54) is 23.9 Å². The minimum absolute atomic E-state index is 0.0516. The van der Waals surface area contributed by atoms with E-state index in [1.54, 1.807) is 29.2 Å². The first-order valence-electron chi connectivity index (χ1n) is 10.0. The number of thiocarbonyl (C=S) groups is 1. The average Bonchev–Trinajstić information content (AvgIpc) is 3.03. The van der Waals surface area contributed by atoms with Crippen LogP contribution < -0.4 is 4.74 Å². The summed E-state index contributed by atoms with van der Waals surface area (Å²) in [5.74, 6) is 0.268. The van der Waals surface area contributed by atoms with Crippen molar-refractivity contribution >= 4 is 89.3 Å². The number of carbonyl (C=O) groups excluding carboxylic acids is 1. The number of amides is 1. The molecule has 0 bridgehead atoms. The molecule has 1 amide bonds. The van der Waals surface area contributed by atoms with E-state index in [4.69, 9.17) is 40.2 Å². The predicted molar refractivity (Wildman–Crippen MR) is 147 cm³/mol. The number of benzene rings is 3. The van der Waals surface area contributed by atoms with Crippen molar-refractivity contribution in [3.05, 3.63) is 96.1 Å². The molecule has 1 fully saturated rings. The average molecular weight is 664 g/mol. The molecule has 3 aromatic rings. The normalized spacial score (nSPS) is 15.8. The van der Waals surface area contributed by atoms with Gasteiger partial charge in [-0.25, -0.2) is 4.39 Å². The summed E-state index contributed by atoms with van der Waals surface area (Å²) in [7, 11) is 0. The molecule has 1 heterocycles. The summed E-state index contributed by atoms with van der Waals surface area (Å²) in [6.07, 6.45) is 0.504. The summed E-state index contributed by atoms with van der Waals surface area (Å²) >= 11 is 26.2. The van der Waals surface area contributed by atoms with Crippen molar-refractivity contribution in [3.63, 3.8) is 0 Å². The Labute approximate surface area is 233 Å². The van der Waals surface area contributed by atoms with Crippen molar-refractivity contribution in [2.45, 2.75) is 24.8 Å². The van der Waals surface area contributed by atoms with Crippen molar-refractivity contribution in [2.75, 3.05) is 0 Å². The number of ether oxygens (including phenoxy) is 1. The maximum absolute atomic E-state index is 13.2. The number of rotatable bonds is 7. The summed E-state index contributed by atoms with van der Waals surface area (Å²) < 4.78 is 21.2. The first-order valence-corrected chi connectivity index (χ1v) is 13.7. The summed E-state index contributed by atoms with van der Waals surface area (Å²) in [5, 5.41) is 0.774. The van der Waals surface area contributed by atoms with E-state index in [2.05, 4.69) is 31.9 Å². The predicted octanol–water partition coefficient (Wildman–Crippen LogP) is 8.21. The molecule has 3 aromatic carbocycles. The Morgan fingerprint density at radius 1 is 1.03 bits per heavy atom. The summed E-state index contributed by atoms with van der Waals surface area (Å²) in [6, 6.07) is 15.2. The minimum atomic E-state index is -0.327. The molecule has 176 valence electrons. The Kier molecular flexibility index (Phi) is 8.59. The Bertz CT molecular complexity index is 1240. The topological polar surface area (TPSA) is 29.5 Å². The molecule has 1 saturated heterocycles. The Morgan fingerprint density at radius 3 is 2.35 bits per heavy atom. The van der Waals surface area contributed by atoms with Gasteiger partial charge in [0.2, 0.25) is 5.91 Å². The van der Waals surface area contributed by atoms with Crippen LogP contribution >= 0.6 is 79.0 Å². The van der Waals surface area contributed by atoms with Gasteiger partial charge in [-0.3, -0.25) is 9.69 Å². The van der Waals surface area contributed by atoms with E-state index < -0.39 is 0 Å². The van der Waals surface area contributed by atoms with E-state index in [9.17, 15) is 9.18 Å². The first-order chi connectivity index (χ1) is 16.2. The molecule has 0 N–H and O–H groups in total. The van der Waals surface area contributed by atoms with Crippen molar-refractivity contribution in [1.29, 1.82) is 0 Å². The van der Waals surface area contributed by atoms with Gasteiger partial charge in [0, 0.05) is 15.6 Å². The molecule has 0 aromatic heterocycles. The highest BCUT2D eigenvalue weighted by Gasteiger charge is 2.37. The molecule has 1 aliphatic rings. The Balaban J connectivity index is 1.43. The van der Waals surface area contributed by atoms with Crippen LogP contribution in [0.5, 0.6) is 5.75 Å². The zero-order valence-electron chi connectivity index (χ0n) is 17.4. The Morgan fingerprint density at radius 2 is 1.71 bits per heavy atom. The molecular formula is C24H16Br2Cl2FNO2S2. The van der Waals surface area contributed by atoms with Gasteiger partial charge in [0.1, 0.15) is 22.5 Å². The number of nitrogens with zero attached hydrogens (tertiary/aromatic N) is 1. The number of thioether (sulfide) groups is 1. The number of halogens is 5. The lowest BCUT2D eigenvalue weighted by Crippen LogP contribution is -2.31. The first kappa shape index (κ1) is 25.9. The van der Waals surface area contributed by atoms with Gasteiger partial charge < -0.3 is 4.74 Å². The molecule has 0 aliphatic carbocycles. The fourth-order valence-corrected chi connectivity index (χ4v) is 6.92. The van der Waals surface area contributed by atoms with Gasteiger partial charge in [0.15, 0.2) is 0 Å². The summed E-state index contributed by atoms with van der Waals surface area (Å²) in [4.78, 5) is 14.6. The van der Waals surface area contributed by atoms with Crippen molar-refractivity contribution in [1.82, 2.24) is 4.90 Å². The van der Waals surface area contributed by atoms with Crippen LogP contribution in [0.1, 0.15) is 16.7 Å². The zero-order chi connectivity index (χ0) is 24.4. The van der Waals surface area contributed by atoms with Gasteiger partial charge in [0.25, 0.3) is 0 Å². The molecule has 0 saturated carbocycles. The van der Waals surface area contributed by atoms with E-state index in [0.29, 0.717) is 33.1 Å². The molecule has 0 spiro atoms. The maximum atomic E-state index is 13.2. The van der Waals surface area contributed by atoms with Gasteiger partial charge in [0.05, 0.1) is 20.7 Å². The van der Waals surface area contributed by atoms with E-state index in [0.717, 1.165) is 25.6 Å². The largest absolute Gasteiger partial charge is 0.486 e. The molecule has 1 aliphatic heterocycles. The fraction of sp³-hybridized carbons (Fsp3) is 0.167. The second-order valence-corrected chi connectivity index (χ2v) is 11.9. The van der Waals surface area contributed by atoms with Crippen LogP contribution in [0.25, 0.3) is 0 Å². The van der Waals surface area contributed by atoms with Crippen LogP contribution in [0.15, 0.2) is 63.5 Å². The van der Waals surface area contributed by atoms with Crippen molar-refractivity contribution in [3.8, 4) is 5.75 Å². The number of hydrogen-bond donors (Lipinski definition) is 0. The molecule has 34 heavy (non-hydrogen) atoms. The van der Waals surface area contributed by atoms with Crippen LogP contribution in [0.3, 0.4) is 0 Å². The summed E-state index contributed by atoms with van der Waals surface area (Å²) in [6.45, 7) is 0.602. The van der Waals surface area contributed by atoms with E-state index in [1.807, 2.05) is 18.2 Å². The van der Waals surface area contributed by atoms with E-state index in [-0.39, 0.29) is 23.6 Å². The third-order valence-electron chi connectivity index (χ3n) is 5.13. The van der Waals surface area contributed by atoms with Crippen LogP contribution in [-0.4, -0.2) is 20.4 Å². The second kappa shape index (κ2) is 11.3. The van der Waals surface area contributed by atoms with Gasteiger partial charge in [-0.15, -0.1) is 0 Å². The van der Waals surface area contributed by atoms with Crippen LogP contribution in [-0.2, 0) is 24.4 Å². The zero-order valence-corrected chi connectivity index (χ0v) is 23.7. The minimum Gasteiger partial charge on any atom is -0.486 e. The second-order valence-electron chi connectivity index (χ2n) is 7.54. The lowest BCUT2D eigenvalue weighted by atomic mass is 10.1. The van der Waals surface area contributed by atoms with Crippen LogP contribution in [0.2, 0.25) is 10.0 Å². The highest BCUT2D eigenvalue weighted by atomic mass is 79.9. The number of carbonyl (C=O) groups is 1. The Hall–Kier alpha value is -1.16.